The second-order valence-corrected chi connectivity index (χ2v) is 6.92. The molecule has 0 aromatic carbocycles. The molecule has 1 aliphatic heterocycles. The van der Waals surface area contributed by atoms with Gasteiger partial charge in [-0.2, -0.15) is 0 Å². The SMILES string of the molecule is CCn1c(C)cc(C(=O)N2CCC[C@H](c3nccs3)C2)c1C. The molecular formula is C17H23N3OS. The third kappa shape index (κ3) is 2.70. The Morgan fingerprint density at radius 1 is 1.45 bits per heavy atom. The number of likely N-dealkylation sites (tertiary alicyclic amines) is 1. The van der Waals surface area contributed by atoms with Crippen LogP contribution in [0.15, 0.2) is 17.6 Å². The second-order valence-electron chi connectivity index (χ2n) is 5.99. The van der Waals surface area contributed by atoms with Crippen LogP contribution >= 0.6 is 11.3 Å². The van der Waals surface area contributed by atoms with Gasteiger partial charge in [0.2, 0.25) is 0 Å². The van der Waals surface area contributed by atoms with E-state index in [0.717, 1.165) is 54.4 Å². The van der Waals surface area contributed by atoms with Gasteiger partial charge >= 0.3 is 0 Å². The van der Waals surface area contributed by atoms with E-state index in [1.165, 1.54) is 0 Å². The van der Waals surface area contributed by atoms with Gasteiger partial charge in [0.15, 0.2) is 0 Å². The van der Waals surface area contributed by atoms with E-state index in [1.807, 2.05) is 29.5 Å². The molecule has 0 radical (unpaired) electrons. The first-order valence-corrected chi connectivity index (χ1v) is 8.85. The molecule has 0 aliphatic carbocycles. The summed E-state index contributed by atoms with van der Waals surface area (Å²) < 4.78 is 2.20. The summed E-state index contributed by atoms with van der Waals surface area (Å²) in [7, 11) is 0. The molecule has 5 heteroatoms. The van der Waals surface area contributed by atoms with Gasteiger partial charge in [-0.05, 0) is 39.7 Å². The topological polar surface area (TPSA) is 38.1 Å². The summed E-state index contributed by atoms with van der Waals surface area (Å²) in [5, 5.41) is 3.18. The van der Waals surface area contributed by atoms with Crippen LogP contribution in [0.3, 0.4) is 0 Å². The number of hydrogen-bond donors (Lipinski definition) is 0. The minimum Gasteiger partial charge on any atom is -0.349 e. The van der Waals surface area contributed by atoms with Crippen LogP contribution in [-0.4, -0.2) is 33.4 Å². The van der Waals surface area contributed by atoms with Gasteiger partial charge in [0.1, 0.15) is 0 Å². The highest BCUT2D eigenvalue weighted by Crippen LogP contribution is 2.29. The summed E-state index contributed by atoms with van der Waals surface area (Å²) in [5.74, 6) is 0.571. The fourth-order valence-corrected chi connectivity index (χ4v) is 4.24. The van der Waals surface area contributed by atoms with E-state index in [1.54, 1.807) is 11.3 Å². The monoisotopic (exact) mass is 317 g/mol. The summed E-state index contributed by atoms with van der Waals surface area (Å²) in [5.41, 5.74) is 3.11. The van der Waals surface area contributed by atoms with Crippen molar-refractivity contribution in [1.82, 2.24) is 14.5 Å². The fourth-order valence-electron chi connectivity index (χ4n) is 3.47. The average Bonchev–Trinajstić information content (AvgIpc) is 3.15. The van der Waals surface area contributed by atoms with Crippen molar-refractivity contribution in [3.63, 3.8) is 0 Å². The van der Waals surface area contributed by atoms with Crippen molar-refractivity contribution in [2.75, 3.05) is 13.1 Å². The highest BCUT2D eigenvalue weighted by atomic mass is 32.1. The van der Waals surface area contributed by atoms with Gasteiger partial charge in [0.05, 0.1) is 10.6 Å². The van der Waals surface area contributed by atoms with Crippen LogP contribution in [0.5, 0.6) is 0 Å². The van der Waals surface area contributed by atoms with Gasteiger partial charge < -0.3 is 9.47 Å². The van der Waals surface area contributed by atoms with Gasteiger partial charge in [-0.1, -0.05) is 0 Å². The van der Waals surface area contributed by atoms with Crippen LogP contribution in [0, 0.1) is 13.8 Å². The van der Waals surface area contributed by atoms with Crippen LogP contribution in [0.2, 0.25) is 0 Å². The van der Waals surface area contributed by atoms with Crippen molar-refractivity contribution in [2.24, 2.45) is 0 Å². The number of carbonyl (C=O) groups excluding carboxylic acids is 1. The van der Waals surface area contributed by atoms with Crippen LogP contribution in [0.25, 0.3) is 0 Å². The number of aromatic nitrogens is 2. The van der Waals surface area contributed by atoms with Crippen molar-refractivity contribution >= 4 is 17.2 Å². The minimum atomic E-state index is 0.175. The molecule has 1 fully saturated rings. The standard InChI is InChI=1S/C17H23N3OS/c1-4-20-12(2)10-15(13(20)3)17(21)19-8-5-6-14(11-19)16-18-7-9-22-16/h7,9-10,14H,4-6,8,11H2,1-3H3/t14-/m0/s1. The largest absolute Gasteiger partial charge is 0.349 e. The number of rotatable bonds is 3. The molecule has 1 saturated heterocycles. The summed E-state index contributed by atoms with van der Waals surface area (Å²) in [6.07, 6.45) is 4.05. The lowest BCUT2D eigenvalue weighted by Gasteiger charge is -2.32. The zero-order valence-corrected chi connectivity index (χ0v) is 14.3. The van der Waals surface area contributed by atoms with Crippen molar-refractivity contribution in [3.8, 4) is 0 Å². The summed E-state index contributed by atoms with van der Waals surface area (Å²) >= 11 is 1.70. The van der Waals surface area contributed by atoms with Gasteiger partial charge in [-0.25, -0.2) is 4.98 Å². The zero-order chi connectivity index (χ0) is 15.7. The van der Waals surface area contributed by atoms with E-state index in [-0.39, 0.29) is 5.91 Å². The van der Waals surface area contributed by atoms with Gasteiger partial charge in [-0.15, -0.1) is 11.3 Å². The molecule has 0 spiro atoms. The molecule has 2 aromatic heterocycles. The Labute approximate surface area is 135 Å². The zero-order valence-electron chi connectivity index (χ0n) is 13.5. The first-order chi connectivity index (χ1) is 10.6. The maximum Gasteiger partial charge on any atom is 0.255 e. The molecule has 2 aromatic rings. The first kappa shape index (κ1) is 15.3. The summed E-state index contributed by atoms with van der Waals surface area (Å²) in [6, 6.07) is 2.04. The molecule has 0 unspecified atom stereocenters. The molecule has 22 heavy (non-hydrogen) atoms. The van der Waals surface area contributed by atoms with Gasteiger partial charge in [0.25, 0.3) is 5.91 Å². The van der Waals surface area contributed by atoms with E-state index >= 15 is 0 Å². The average molecular weight is 317 g/mol. The summed E-state index contributed by atoms with van der Waals surface area (Å²) in [4.78, 5) is 19.4. The lowest BCUT2D eigenvalue weighted by atomic mass is 9.98. The van der Waals surface area contributed by atoms with Gasteiger partial charge in [0, 0.05) is 48.5 Å². The van der Waals surface area contributed by atoms with Crippen LogP contribution in [0.1, 0.15) is 52.4 Å². The Bertz CT molecular complexity index is 660. The molecule has 1 aliphatic rings. The molecule has 0 saturated carbocycles. The molecule has 1 amide bonds. The number of nitrogens with zero attached hydrogens (tertiary/aromatic N) is 3. The van der Waals surface area contributed by atoms with Gasteiger partial charge in [-0.3, -0.25) is 4.79 Å². The minimum absolute atomic E-state index is 0.175. The molecule has 1 atom stereocenters. The normalized spacial score (nSPS) is 18.7. The highest BCUT2D eigenvalue weighted by molar-refractivity contribution is 7.09. The second kappa shape index (κ2) is 6.24. The smallest absolute Gasteiger partial charge is 0.255 e. The number of piperidine rings is 1. The van der Waals surface area contributed by atoms with E-state index < -0.39 is 0 Å². The fraction of sp³-hybridized carbons (Fsp3) is 0.529. The Kier molecular flexibility index (Phi) is 4.34. The maximum absolute atomic E-state index is 12.9. The highest BCUT2D eigenvalue weighted by Gasteiger charge is 2.28. The van der Waals surface area contributed by atoms with Crippen LogP contribution in [-0.2, 0) is 6.54 Å². The Morgan fingerprint density at radius 2 is 2.27 bits per heavy atom. The number of hydrogen-bond acceptors (Lipinski definition) is 3. The molecular weight excluding hydrogens is 294 g/mol. The quantitative estimate of drug-likeness (QED) is 0.867. The van der Waals surface area contributed by atoms with Crippen molar-refractivity contribution in [1.29, 1.82) is 0 Å². The van der Waals surface area contributed by atoms with E-state index in [2.05, 4.69) is 23.4 Å². The van der Waals surface area contributed by atoms with E-state index in [4.69, 9.17) is 0 Å². The Balaban J connectivity index is 1.80. The molecule has 4 nitrogen and oxygen atoms in total. The lowest BCUT2D eigenvalue weighted by molar-refractivity contribution is 0.0706. The van der Waals surface area contributed by atoms with Crippen LogP contribution < -0.4 is 0 Å². The molecule has 0 bridgehead atoms. The van der Waals surface area contributed by atoms with E-state index in [9.17, 15) is 4.79 Å². The van der Waals surface area contributed by atoms with Crippen LogP contribution in [0.4, 0.5) is 0 Å². The lowest BCUT2D eigenvalue weighted by Crippen LogP contribution is -2.39. The van der Waals surface area contributed by atoms with Crippen molar-refractivity contribution < 1.29 is 4.79 Å². The Morgan fingerprint density at radius 3 is 2.91 bits per heavy atom. The molecule has 118 valence electrons. The number of aryl methyl sites for hydroxylation is 1. The van der Waals surface area contributed by atoms with Crippen molar-refractivity contribution in [2.45, 2.75) is 46.1 Å². The summed E-state index contributed by atoms with van der Waals surface area (Å²) in [6.45, 7) is 8.80. The third-order valence-corrected chi connectivity index (χ3v) is 5.57. The first-order valence-electron chi connectivity index (χ1n) is 7.97. The molecule has 0 N–H and O–H groups in total. The predicted molar refractivity (Wildman–Crippen MR) is 89.6 cm³/mol. The third-order valence-electron chi connectivity index (χ3n) is 4.63. The molecule has 3 heterocycles. The van der Waals surface area contributed by atoms with Crippen molar-refractivity contribution in [3.05, 3.63) is 39.6 Å². The number of thiazole rings is 1. The van der Waals surface area contributed by atoms with E-state index in [0.29, 0.717) is 5.92 Å². The molecule has 3 rings (SSSR count). The Hall–Kier alpha value is -1.62. The predicted octanol–water partition coefficient (Wildman–Crippen LogP) is 3.60. The number of carbonyl (C=O) groups is 1. The number of amides is 1. The maximum atomic E-state index is 12.9.